The maximum Gasteiger partial charge on any atom is 0.271 e. The minimum Gasteiger partial charge on any atom is -0.373 e. The highest BCUT2D eigenvalue weighted by atomic mass is 35.5. The number of carbonyl (C=O) groups is 2. The predicted octanol–water partition coefficient (Wildman–Crippen LogP) is 3.30. The highest BCUT2D eigenvalue weighted by Crippen LogP contribution is 2.31. The van der Waals surface area contributed by atoms with Crippen molar-refractivity contribution in [3.8, 4) is 0 Å². The summed E-state index contributed by atoms with van der Waals surface area (Å²) in [5, 5.41) is 14.2. The number of halogens is 1. The Balaban J connectivity index is 1.85. The molecule has 0 radical (unpaired) electrons. The molecule has 2 aromatic carbocycles. The van der Waals surface area contributed by atoms with Crippen LogP contribution in [0, 0.1) is 17.0 Å². The normalized spacial score (nSPS) is 17.0. The van der Waals surface area contributed by atoms with Gasteiger partial charge >= 0.3 is 0 Å². The summed E-state index contributed by atoms with van der Waals surface area (Å²) in [6.07, 6.45) is -0.0342. The average Bonchev–Trinajstić information content (AvgIpc) is 2.84. The minimum atomic E-state index is -0.784. The number of benzene rings is 2. The van der Waals surface area contributed by atoms with E-state index in [9.17, 15) is 19.7 Å². The SMILES string of the molecule is Cc1c(Cl)cccc1N1C(=O)C[C@H](Nc2cccc([N+](=O)[O-])c2)C1=O. The van der Waals surface area contributed by atoms with Crippen molar-refractivity contribution in [1.82, 2.24) is 0 Å². The summed E-state index contributed by atoms with van der Waals surface area (Å²) in [6.45, 7) is 1.74. The quantitative estimate of drug-likeness (QED) is 0.513. The third-order valence-electron chi connectivity index (χ3n) is 4.02. The zero-order valence-electron chi connectivity index (χ0n) is 13.2. The van der Waals surface area contributed by atoms with Crippen molar-refractivity contribution < 1.29 is 14.5 Å². The van der Waals surface area contributed by atoms with Gasteiger partial charge in [-0.2, -0.15) is 0 Å². The standard InChI is InChI=1S/C17H14ClN3O4/c1-10-13(18)6-3-7-15(10)20-16(22)9-14(17(20)23)19-11-4-2-5-12(8-11)21(24)25/h2-8,14,19H,9H2,1H3/t14-/m0/s1. The average molecular weight is 360 g/mol. The van der Waals surface area contributed by atoms with Crippen LogP contribution in [0.25, 0.3) is 0 Å². The first kappa shape index (κ1) is 16.9. The van der Waals surface area contributed by atoms with E-state index in [-0.39, 0.29) is 18.0 Å². The largest absolute Gasteiger partial charge is 0.373 e. The lowest BCUT2D eigenvalue weighted by Crippen LogP contribution is -2.35. The predicted molar refractivity (Wildman–Crippen MR) is 93.8 cm³/mol. The molecule has 1 aliphatic heterocycles. The summed E-state index contributed by atoms with van der Waals surface area (Å²) in [7, 11) is 0. The lowest BCUT2D eigenvalue weighted by molar-refractivity contribution is -0.384. The van der Waals surface area contributed by atoms with Gasteiger partial charge in [0.2, 0.25) is 5.91 Å². The van der Waals surface area contributed by atoms with Crippen LogP contribution in [0.3, 0.4) is 0 Å². The number of hydrogen-bond acceptors (Lipinski definition) is 5. The third kappa shape index (κ3) is 3.18. The molecule has 0 aliphatic carbocycles. The van der Waals surface area contributed by atoms with Crippen LogP contribution in [-0.2, 0) is 9.59 Å². The smallest absolute Gasteiger partial charge is 0.271 e. The Labute approximate surface area is 148 Å². The summed E-state index contributed by atoms with van der Waals surface area (Å²) in [4.78, 5) is 36.4. The number of nitro groups is 1. The first-order valence-corrected chi connectivity index (χ1v) is 7.89. The second kappa shape index (κ2) is 6.52. The number of rotatable bonds is 4. The van der Waals surface area contributed by atoms with Crippen LogP contribution in [0.15, 0.2) is 42.5 Å². The van der Waals surface area contributed by atoms with Crippen molar-refractivity contribution in [2.75, 3.05) is 10.2 Å². The molecule has 1 heterocycles. The highest BCUT2D eigenvalue weighted by molar-refractivity contribution is 6.32. The number of nitrogens with zero attached hydrogens (tertiary/aromatic N) is 2. The molecule has 1 aliphatic rings. The van der Waals surface area contributed by atoms with E-state index in [1.165, 1.54) is 18.2 Å². The molecular weight excluding hydrogens is 346 g/mol. The molecule has 8 heteroatoms. The van der Waals surface area contributed by atoms with E-state index in [0.717, 1.165) is 4.90 Å². The molecule has 0 aromatic heterocycles. The lowest BCUT2D eigenvalue weighted by atomic mass is 10.2. The van der Waals surface area contributed by atoms with Gasteiger partial charge < -0.3 is 5.32 Å². The second-order valence-corrected chi connectivity index (χ2v) is 6.07. The Bertz CT molecular complexity index is 884. The van der Waals surface area contributed by atoms with Crippen LogP contribution in [-0.4, -0.2) is 22.8 Å². The molecule has 0 bridgehead atoms. The summed E-state index contributed by atoms with van der Waals surface area (Å²) >= 11 is 6.07. The summed E-state index contributed by atoms with van der Waals surface area (Å²) in [6, 6.07) is 10.0. The molecule has 0 spiro atoms. The summed E-state index contributed by atoms with van der Waals surface area (Å²) in [5.41, 5.74) is 1.40. The molecular formula is C17H14ClN3O4. The maximum atomic E-state index is 12.7. The Morgan fingerprint density at radius 1 is 1.24 bits per heavy atom. The molecule has 128 valence electrons. The Kier molecular flexibility index (Phi) is 4.41. The molecule has 2 amide bonds. The van der Waals surface area contributed by atoms with E-state index in [0.29, 0.717) is 22.0 Å². The molecule has 1 fully saturated rings. The van der Waals surface area contributed by atoms with E-state index >= 15 is 0 Å². The van der Waals surface area contributed by atoms with Gasteiger partial charge in [0, 0.05) is 22.8 Å². The fourth-order valence-electron chi connectivity index (χ4n) is 2.75. The van der Waals surface area contributed by atoms with Gasteiger partial charge in [-0.15, -0.1) is 0 Å². The number of non-ortho nitro benzene ring substituents is 1. The van der Waals surface area contributed by atoms with Gasteiger partial charge in [0.1, 0.15) is 6.04 Å². The van der Waals surface area contributed by atoms with Gasteiger partial charge in [0.25, 0.3) is 11.6 Å². The van der Waals surface area contributed by atoms with Gasteiger partial charge in [-0.1, -0.05) is 23.7 Å². The van der Waals surface area contributed by atoms with Gasteiger partial charge in [0.05, 0.1) is 17.0 Å². The molecule has 2 aromatic rings. The van der Waals surface area contributed by atoms with E-state index < -0.39 is 16.9 Å². The van der Waals surface area contributed by atoms with Crippen molar-refractivity contribution in [2.24, 2.45) is 0 Å². The van der Waals surface area contributed by atoms with Gasteiger partial charge in [-0.05, 0) is 30.7 Å². The molecule has 0 saturated carbocycles. The molecule has 1 saturated heterocycles. The summed E-state index contributed by atoms with van der Waals surface area (Å²) < 4.78 is 0. The fourth-order valence-corrected chi connectivity index (χ4v) is 2.92. The first-order valence-electron chi connectivity index (χ1n) is 7.51. The number of carbonyl (C=O) groups excluding carboxylic acids is 2. The van der Waals surface area contributed by atoms with Crippen LogP contribution < -0.4 is 10.2 Å². The molecule has 25 heavy (non-hydrogen) atoms. The van der Waals surface area contributed by atoms with Crippen LogP contribution in [0.1, 0.15) is 12.0 Å². The van der Waals surface area contributed by atoms with E-state index in [2.05, 4.69) is 5.32 Å². The van der Waals surface area contributed by atoms with Crippen molar-refractivity contribution >= 4 is 40.5 Å². The van der Waals surface area contributed by atoms with Gasteiger partial charge in [-0.3, -0.25) is 19.7 Å². The van der Waals surface area contributed by atoms with E-state index in [1.807, 2.05) is 0 Å². The van der Waals surface area contributed by atoms with Gasteiger partial charge in [0.15, 0.2) is 0 Å². The van der Waals surface area contributed by atoms with Crippen molar-refractivity contribution in [2.45, 2.75) is 19.4 Å². The van der Waals surface area contributed by atoms with Crippen molar-refractivity contribution in [3.05, 3.63) is 63.2 Å². The van der Waals surface area contributed by atoms with Crippen LogP contribution in [0.2, 0.25) is 5.02 Å². The topological polar surface area (TPSA) is 92.6 Å². The monoisotopic (exact) mass is 359 g/mol. The summed E-state index contributed by atoms with van der Waals surface area (Å²) in [5.74, 6) is -0.764. The lowest BCUT2D eigenvalue weighted by Gasteiger charge is -2.18. The molecule has 7 nitrogen and oxygen atoms in total. The zero-order valence-corrected chi connectivity index (χ0v) is 14.0. The number of imide groups is 1. The minimum absolute atomic E-state index is 0.0342. The van der Waals surface area contributed by atoms with Gasteiger partial charge in [-0.25, -0.2) is 4.90 Å². The molecule has 1 atom stereocenters. The molecule has 3 rings (SSSR count). The van der Waals surface area contributed by atoms with Crippen molar-refractivity contribution in [3.63, 3.8) is 0 Å². The Morgan fingerprint density at radius 2 is 1.96 bits per heavy atom. The highest BCUT2D eigenvalue weighted by Gasteiger charge is 2.40. The molecule has 0 unspecified atom stereocenters. The number of anilines is 2. The zero-order chi connectivity index (χ0) is 18.1. The third-order valence-corrected chi connectivity index (χ3v) is 4.43. The second-order valence-electron chi connectivity index (χ2n) is 5.66. The van der Waals surface area contributed by atoms with Crippen LogP contribution in [0.5, 0.6) is 0 Å². The van der Waals surface area contributed by atoms with Crippen LogP contribution in [0.4, 0.5) is 17.1 Å². The molecule has 1 N–H and O–H groups in total. The number of nitrogens with one attached hydrogen (secondary N) is 1. The van der Waals surface area contributed by atoms with Crippen LogP contribution >= 0.6 is 11.6 Å². The fraction of sp³-hybridized carbons (Fsp3) is 0.176. The van der Waals surface area contributed by atoms with Crippen molar-refractivity contribution in [1.29, 1.82) is 0 Å². The Morgan fingerprint density at radius 3 is 2.68 bits per heavy atom. The maximum absolute atomic E-state index is 12.7. The number of hydrogen-bond donors (Lipinski definition) is 1. The number of nitro benzene ring substituents is 1. The Hall–Kier alpha value is -2.93. The van der Waals surface area contributed by atoms with E-state index in [1.54, 1.807) is 31.2 Å². The number of amides is 2. The first-order chi connectivity index (χ1) is 11.9. The van der Waals surface area contributed by atoms with E-state index in [4.69, 9.17) is 11.6 Å².